The Morgan fingerprint density at radius 1 is 1.29 bits per heavy atom. The summed E-state index contributed by atoms with van der Waals surface area (Å²) in [5, 5.41) is 6.26. The molecular formula is C17H29N3O. The van der Waals surface area contributed by atoms with Crippen LogP contribution in [0, 0.1) is 5.92 Å². The number of rotatable bonds is 9. The molecule has 0 aliphatic carbocycles. The summed E-state index contributed by atoms with van der Waals surface area (Å²) in [5.41, 5.74) is 0.666. The van der Waals surface area contributed by atoms with E-state index >= 15 is 0 Å². The van der Waals surface area contributed by atoms with E-state index in [9.17, 15) is 4.79 Å². The first-order chi connectivity index (χ1) is 10.0. The number of nitrogens with zero attached hydrogens (tertiary/aromatic N) is 1. The van der Waals surface area contributed by atoms with E-state index in [1.807, 2.05) is 6.07 Å². The second kappa shape index (κ2) is 9.37. The van der Waals surface area contributed by atoms with Gasteiger partial charge in [-0.2, -0.15) is 0 Å². The summed E-state index contributed by atoms with van der Waals surface area (Å²) in [5.74, 6) is 1.46. The molecule has 2 N–H and O–H groups in total. The Bertz CT molecular complexity index is 432. The highest BCUT2D eigenvalue weighted by Gasteiger charge is 2.10. The third-order valence-corrected chi connectivity index (χ3v) is 3.37. The molecule has 0 saturated heterocycles. The molecule has 21 heavy (non-hydrogen) atoms. The van der Waals surface area contributed by atoms with Crippen molar-refractivity contribution in [3.63, 3.8) is 0 Å². The fraction of sp³-hybridized carbons (Fsp3) is 0.647. The number of amides is 1. The van der Waals surface area contributed by atoms with Crippen molar-refractivity contribution in [2.75, 3.05) is 11.9 Å². The molecular weight excluding hydrogens is 262 g/mol. The predicted molar refractivity (Wildman–Crippen MR) is 88.6 cm³/mol. The van der Waals surface area contributed by atoms with E-state index in [0.29, 0.717) is 5.56 Å². The zero-order chi connectivity index (χ0) is 15.7. The number of carbonyl (C=O) groups is 1. The Hall–Kier alpha value is -1.58. The highest BCUT2D eigenvalue weighted by molar-refractivity contribution is 5.94. The molecule has 4 nitrogen and oxygen atoms in total. The minimum atomic E-state index is -0.0194. The van der Waals surface area contributed by atoms with Gasteiger partial charge in [-0.05, 0) is 37.8 Å². The second-order valence-electron chi connectivity index (χ2n) is 6.06. The van der Waals surface area contributed by atoms with E-state index in [1.165, 1.54) is 6.42 Å². The Kier molecular flexibility index (Phi) is 7.80. The summed E-state index contributed by atoms with van der Waals surface area (Å²) in [6.45, 7) is 9.48. The van der Waals surface area contributed by atoms with Gasteiger partial charge in [0.15, 0.2) is 0 Å². The first-order valence-electron chi connectivity index (χ1n) is 8.03. The normalized spacial score (nSPS) is 12.2. The molecule has 1 amide bonds. The van der Waals surface area contributed by atoms with Crippen LogP contribution in [0.25, 0.3) is 0 Å². The van der Waals surface area contributed by atoms with Crippen LogP contribution in [0.15, 0.2) is 18.3 Å². The third-order valence-electron chi connectivity index (χ3n) is 3.37. The van der Waals surface area contributed by atoms with E-state index < -0.39 is 0 Å². The minimum Gasteiger partial charge on any atom is -0.370 e. The Balaban J connectivity index is 2.47. The topological polar surface area (TPSA) is 54.0 Å². The molecule has 4 heteroatoms. The number of carbonyl (C=O) groups excluding carboxylic acids is 1. The number of anilines is 1. The molecule has 0 aliphatic heterocycles. The van der Waals surface area contributed by atoms with Gasteiger partial charge in [0.05, 0.1) is 0 Å². The predicted octanol–water partition coefficient (Wildman–Crippen LogP) is 3.85. The highest BCUT2D eigenvalue weighted by atomic mass is 16.1. The Morgan fingerprint density at radius 3 is 2.71 bits per heavy atom. The van der Waals surface area contributed by atoms with Gasteiger partial charge < -0.3 is 10.6 Å². The van der Waals surface area contributed by atoms with E-state index in [1.54, 1.807) is 12.3 Å². The highest BCUT2D eigenvalue weighted by Crippen LogP contribution is 2.10. The molecule has 1 atom stereocenters. The van der Waals surface area contributed by atoms with Crippen molar-refractivity contribution in [1.82, 2.24) is 10.3 Å². The standard InChI is InChI=1S/C17H29N3O/c1-5-10-18-16-12-15(9-11-19-16)17(21)20-14(4)8-6-7-13(2)3/h9,11-14H,5-8,10H2,1-4H3,(H,18,19)(H,20,21). The Labute approximate surface area is 128 Å². The van der Waals surface area contributed by atoms with Crippen LogP contribution in [0.3, 0.4) is 0 Å². The van der Waals surface area contributed by atoms with E-state index in [2.05, 4.69) is 43.3 Å². The maximum absolute atomic E-state index is 12.2. The fourth-order valence-corrected chi connectivity index (χ4v) is 2.13. The molecule has 0 fully saturated rings. The van der Waals surface area contributed by atoms with Gasteiger partial charge >= 0.3 is 0 Å². The molecule has 1 rings (SSSR count). The van der Waals surface area contributed by atoms with Crippen molar-refractivity contribution < 1.29 is 4.79 Å². The smallest absolute Gasteiger partial charge is 0.251 e. The van der Waals surface area contributed by atoms with Gasteiger partial charge in [0.25, 0.3) is 5.91 Å². The quantitative estimate of drug-likeness (QED) is 0.726. The van der Waals surface area contributed by atoms with Crippen LogP contribution >= 0.6 is 0 Å². The lowest BCUT2D eigenvalue weighted by molar-refractivity contribution is 0.0937. The number of aromatic nitrogens is 1. The van der Waals surface area contributed by atoms with E-state index in [-0.39, 0.29) is 11.9 Å². The molecule has 0 aromatic carbocycles. The fourth-order valence-electron chi connectivity index (χ4n) is 2.13. The first kappa shape index (κ1) is 17.5. The molecule has 1 aromatic rings. The molecule has 0 aliphatic rings. The molecule has 1 unspecified atom stereocenters. The van der Waals surface area contributed by atoms with Gasteiger partial charge in [0.2, 0.25) is 0 Å². The maximum atomic E-state index is 12.2. The maximum Gasteiger partial charge on any atom is 0.251 e. The number of pyridine rings is 1. The lowest BCUT2D eigenvalue weighted by atomic mass is 10.0. The van der Waals surface area contributed by atoms with Crippen LogP contribution in [-0.2, 0) is 0 Å². The van der Waals surface area contributed by atoms with Crippen molar-refractivity contribution in [2.24, 2.45) is 5.92 Å². The average Bonchev–Trinajstić information content (AvgIpc) is 2.45. The van der Waals surface area contributed by atoms with Gasteiger partial charge in [0.1, 0.15) is 5.82 Å². The SMILES string of the molecule is CCCNc1cc(C(=O)NC(C)CCCC(C)C)ccn1. The summed E-state index contributed by atoms with van der Waals surface area (Å²) >= 11 is 0. The molecule has 0 bridgehead atoms. The Morgan fingerprint density at radius 2 is 2.05 bits per heavy atom. The lowest BCUT2D eigenvalue weighted by Gasteiger charge is -2.15. The number of hydrogen-bond donors (Lipinski definition) is 2. The average molecular weight is 291 g/mol. The largest absolute Gasteiger partial charge is 0.370 e. The molecule has 0 radical (unpaired) electrons. The van der Waals surface area contributed by atoms with Gasteiger partial charge in [-0.25, -0.2) is 4.98 Å². The van der Waals surface area contributed by atoms with Crippen LogP contribution in [0.4, 0.5) is 5.82 Å². The monoisotopic (exact) mass is 291 g/mol. The molecule has 1 heterocycles. The third kappa shape index (κ3) is 7.11. The summed E-state index contributed by atoms with van der Waals surface area (Å²) in [6.07, 6.45) is 6.09. The summed E-state index contributed by atoms with van der Waals surface area (Å²) in [4.78, 5) is 16.4. The van der Waals surface area contributed by atoms with Crippen LogP contribution < -0.4 is 10.6 Å². The molecule has 0 saturated carbocycles. The molecule has 118 valence electrons. The van der Waals surface area contributed by atoms with Crippen LogP contribution in [0.5, 0.6) is 0 Å². The number of hydrogen-bond acceptors (Lipinski definition) is 3. The van der Waals surface area contributed by atoms with Crippen LogP contribution in [-0.4, -0.2) is 23.5 Å². The number of nitrogens with one attached hydrogen (secondary N) is 2. The molecule has 0 spiro atoms. The zero-order valence-corrected chi connectivity index (χ0v) is 13.8. The van der Waals surface area contributed by atoms with Gasteiger partial charge in [0, 0.05) is 24.3 Å². The van der Waals surface area contributed by atoms with E-state index in [0.717, 1.165) is 37.5 Å². The van der Waals surface area contributed by atoms with Crippen molar-refractivity contribution in [1.29, 1.82) is 0 Å². The summed E-state index contributed by atoms with van der Waals surface area (Å²) < 4.78 is 0. The van der Waals surface area contributed by atoms with Crippen molar-refractivity contribution in [2.45, 2.75) is 59.4 Å². The van der Waals surface area contributed by atoms with E-state index in [4.69, 9.17) is 0 Å². The van der Waals surface area contributed by atoms with Gasteiger partial charge in [-0.15, -0.1) is 0 Å². The summed E-state index contributed by atoms with van der Waals surface area (Å²) in [7, 11) is 0. The molecule has 1 aromatic heterocycles. The zero-order valence-electron chi connectivity index (χ0n) is 13.8. The first-order valence-corrected chi connectivity index (χ1v) is 8.03. The van der Waals surface area contributed by atoms with Gasteiger partial charge in [-0.3, -0.25) is 4.79 Å². The summed E-state index contributed by atoms with van der Waals surface area (Å²) in [6, 6.07) is 3.77. The van der Waals surface area contributed by atoms with Crippen LogP contribution in [0.1, 0.15) is 63.7 Å². The van der Waals surface area contributed by atoms with Gasteiger partial charge in [-0.1, -0.05) is 33.6 Å². The van der Waals surface area contributed by atoms with Crippen molar-refractivity contribution in [3.8, 4) is 0 Å². The van der Waals surface area contributed by atoms with Crippen molar-refractivity contribution in [3.05, 3.63) is 23.9 Å². The van der Waals surface area contributed by atoms with Crippen molar-refractivity contribution >= 4 is 11.7 Å². The lowest BCUT2D eigenvalue weighted by Crippen LogP contribution is -2.32. The minimum absolute atomic E-state index is 0.0194. The van der Waals surface area contributed by atoms with Crippen LogP contribution in [0.2, 0.25) is 0 Å². The second-order valence-corrected chi connectivity index (χ2v) is 6.06.